The van der Waals surface area contributed by atoms with Gasteiger partial charge in [0.05, 0.1) is 19.3 Å². The Kier molecular flexibility index (Phi) is 5.98. The number of carbonyl (C=O) groups is 1. The Morgan fingerprint density at radius 2 is 2.15 bits per heavy atom. The number of nitrogens with zero attached hydrogens (tertiary/aromatic N) is 1. The molecule has 0 aliphatic heterocycles. The van der Waals surface area contributed by atoms with Crippen molar-refractivity contribution in [2.24, 2.45) is 4.99 Å². The van der Waals surface area contributed by atoms with E-state index in [1.807, 2.05) is 0 Å². The Hall–Kier alpha value is -1.86. The van der Waals surface area contributed by atoms with Gasteiger partial charge in [-0.1, -0.05) is 15.9 Å². The number of methoxy groups -OCH3 is 1. The van der Waals surface area contributed by atoms with Crippen LogP contribution in [-0.2, 0) is 17.6 Å². The summed E-state index contributed by atoms with van der Waals surface area (Å²) in [5.41, 5.74) is 2.16. The zero-order valence-corrected chi connectivity index (χ0v) is 17.1. The number of phenolic OH excluding ortho intramolecular Hbond substituents is 1. The number of rotatable bonds is 5. The van der Waals surface area contributed by atoms with Crippen molar-refractivity contribution in [1.29, 1.82) is 0 Å². The lowest BCUT2D eigenvalue weighted by atomic mass is 9.95. The first-order valence-electron chi connectivity index (χ1n) is 8.47. The molecule has 1 heterocycles. The summed E-state index contributed by atoms with van der Waals surface area (Å²) in [5, 5.41) is 10.9. The van der Waals surface area contributed by atoms with Crippen LogP contribution in [0.25, 0.3) is 0 Å². The molecular formula is C19H20BrNO4S. The smallest absolute Gasteiger partial charge is 0.341 e. The molecule has 7 heteroatoms. The lowest BCUT2D eigenvalue weighted by Crippen LogP contribution is -2.09. The molecule has 1 N–H and O–H groups in total. The number of hydrogen-bond donors (Lipinski definition) is 1. The second kappa shape index (κ2) is 8.22. The van der Waals surface area contributed by atoms with Crippen LogP contribution in [0.3, 0.4) is 0 Å². The van der Waals surface area contributed by atoms with Gasteiger partial charge in [0.1, 0.15) is 5.00 Å². The fourth-order valence-electron chi connectivity index (χ4n) is 3.03. The van der Waals surface area contributed by atoms with Crippen molar-refractivity contribution in [2.75, 3.05) is 13.7 Å². The van der Waals surface area contributed by atoms with E-state index < -0.39 is 0 Å². The Morgan fingerprint density at radius 1 is 1.38 bits per heavy atom. The second-order valence-electron chi connectivity index (χ2n) is 5.92. The minimum atomic E-state index is -0.324. The van der Waals surface area contributed by atoms with Crippen molar-refractivity contribution in [3.8, 4) is 11.5 Å². The van der Waals surface area contributed by atoms with E-state index in [-0.39, 0.29) is 11.7 Å². The predicted molar refractivity (Wildman–Crippen MR) is 107 cm³/mol. The van der Waals surface area contributed by atoms with Crippen LogP contribution < -0.4 is 4.74 Å². The van der Waals surface area contributed by atoms with Crippen LogP contribution in [0, 0.1) is 0 Å². The van der Waals surface area contributed by atoms with Crippen LogP contribution in [0.4, 0.5) is 5.00 Å². The standard InChI is InChI=1S/C19H20BrNO4S/c1-3-25-19(23)16-13-6-4-5-7-15(13)26-18(16)21-10-11-8-12(20)9-14(24-2)17(11)22/h8-10,22H,3-7H2,1-2H3/b21-10+. The third kappa shape index (κ3) is 3.78. The first-order valence-corrected chi connectivity index (χ1v) is 10.1. The summed E-state index contributed by atoms with van der Waals surface area (Å²) in [7, 11) is 1.49. The van der Waals surface area contributed by atoms with Crippen molar-refractivity contribution in [3.05, 3.63) is 38.2 Å². The molecule has 1 aliphatic carbocycles. The number of carbonyl (C=O) groups excluding carboxylic acids is 1. The van der Waals surface area contributed by atoms with Crippen LogP contribution in [-0.4, -0.2) is 31.0 Å². The second-order valence-corrected chi connectivity index (χ2v) is 7.91. The lowest BCUT2D eigenvalue weighted by Gasteiger charge is -2.11. The Labute approximate surface area is 164 Å². The van der Waals surface area contributed by atoms with E-state index in [2.05, 4.69) is 20.9 Å². The van der Waals surface area contributed by atoms with Crippen molar-refractivity contribution < 1.29 is 19.4 Å². The van der Waals surface area contributed by atoms with Crippen LogP contribution in [0.2, 0.25) is 0 Å². The monoisotopic (exact) mass is 437 g/mol. The maximum atomic E-state index is 12.5. The molecule has 5 nitrogen and oxygen atoms in total. The highest BCUT2D eigenvalue weighted by Crippen LogP contribution is 2.41. The number of esters is 1. The Bertz CT molecular complexity index is 860. The van der Waals surface area contributed by atoms with E-state index in [1.165, 1.54) is 23.3 Å². The van der Waals surface area contributed by atoms with Crippen molar-refractivity contribution in [1.82, 2.24) is 0 Å². The lowest BCUT2D eigenvalue weighted by molar-refractivity contribution is 0.0526. The molecule has 0 unspecified atom stereocenters. The molecule has 0 bridgehead atoms. The number of aliphatic imine (C=N–C) groups is 1. The number of hydrogen-bond acceptors (Lipinski definition) is 6. The van der Waals surface area contributed by atoms with E-state index in [4.69, 9.17) is 9.47 Å². The molecule has 0 saturated carbocycles. The zero-order valence-electron chi connectivity index (χ0n) is 14.7. The van der Waals surface area contributed by atoms with Crippen molar-refractivity contribution in [3.63, 3.8) is 0 Å². The van der Waals surface area contributed by atoms with Gasteiger partial charge in [-0.05, 0) is 50.3 Å². The maximum absolute atomic E-state index is 12.5. The first-order chi connectivity index (χ1) is 12.5. The summed E-state index contributed by atoms with van der Waals surface area (Å²) in [5.74, 6) is 0.0467. The zero-order chi connectivity index (χ0) is 18.7. The van der Waals surface area contributed by atoms with E-state index in [0.717, 1.165) is 35.7 Å². The van der Waals surface area contributed by atoms with Gasteiger partial charge in [-0.3, -0.25) is 0 Å². The maximum Gasteiger partial charge on any atom is 0.341 e. The highest BCUT2D eigenvalue weighted by molar-refractivity contribution is 9.10. The van der Waals surface area contributed by atoms with Gasteiger partial charge in [-0.15, -0.1) is 11.3 Å². The summed E-state index contributed by atoms with van der Waals surface area (Å²) < 4.78 is 11.2. The normalized spacial score (nSPS) is 13.7. The van der Waals surface area contributed by atoms with Crippen molar-refractivity contribution >= 4 is 44.5 Å². The van der Waals surface area contributed by atoms with E-state index in [9.17, 15) is 9.90 Å². The molecule has 0 saturated heterocycles. The van der Waals surface area contributed by atoms with Crippen LogP contribution in [0.15, 0.2) is 21.6 Å². The number of fused-ring (bicyclic) bond motifs is 1. The summed E-state index contributed by atoms with van der Waals surface area (Å²) in [6, 6.07) is 3.43. The molecule has 138 valence electrons. The average Bonchev–Trinajstić information content (AvgIpc) is 3.00. The molecule has 1 aliphatic rings. The molecule has 26 heavy (non-hydrogen) atoms. The van der Waals surface area contributed by atoms with E-state index >= 15 is 0 Å². The van der Waals surface area contributed by atoms with Crippen LogP contribution in [0.1, 0.15) is 46.1 Å². The molecule has 0 atom stereocenters. The molecule has 1 aromatic carbocycles. The number of phenols is 1. The fourth-order valence-corrected chi connectivity index (χ4v) is 4.71. The number of ether oxygens (including phenoxy) is 2. The van der Waals surface area contributed by atoms with Gasteiger partial charge in [0.2, 0.25) is 0 Å². The van der Waals surface area contributed by atoms with E-state index in [1.54, 1.807) is 25.3 Å². The number of aromatic hydroxyl groups is 1. The van der Waals surface area contributed by atoms with Gasteiger partial charge in [0, 0.05) is 21.1 Å². The molecule has 0 fully saturated rings. The minimum Gasteiger partial charge on any atom is -0.504 e. The summed E-state index contributed by atoms with van der Waals surface area (Å²) >= 11 is 4.93. The summed E-state index contributed by atoms with van der Waals surface area (Å²) in [6.45, 7) is 2.13. The van der Waals surface area contributed by atoms with Crippen molar-refractivity contribution in [2.45, 2.75) is 32.6 Å². The number of benzene rings is 1. The molecular weight excluding hydrogens is 418 g/mol. The number of thiophene rings is 1. The SMILES string of the molecule is CCOC(=O)c1c(/N=C/c2cc(Br)cc(OC)c2O)sc2c1CCCC2. The third-order valence-electron chi connectivity index (χ3n) is 4.24. The third-order valence-corrected chi connectivity index (χ3v) is 5.90. The molecule has 0 spiro atoms. The quantitative estimate of drug-likeness (QED) is 0.525. The van der Waals surface area contributed by atoms with E-state index in [0.29, 0.717) is 28.5 Å². The largest absolute Gasteiger partial charge is 0.504 e. The predicted octanol–water partition coefficient (Wildman–Crippen LogP) is 5.03. The van der Waals surface area contributed by atoms with Gasteiger partial charge in [-0.2, -0.15) is 0 Å². The first kappa shape index (κ1) is 18.9. The summed E-state index contributed by atoms with van der Waals surface area (Å²) in [4.78, 5) is 18.2. The van der Waals surface area contributed by atoms with Gasteiger partial charge < -0.3 is 14.6 Å². The topological polar surface area (TPSA) is 68.1 Å². The average molecular weight is 438 g/mol. The number of halogens is 1. The minimum absolute atomic E-state index is 0.0125. The van der Waals surface area contributed by atoms with Gasteiger partial charge in [0.25, 0.3) is 0 Å². The molecule has 3 rings (SSSR count). The number of aryl methyl sites for hydroxylation is 1. The van der Waals surface area contributed by atoms with Gasteiger partial charge in [0.15, 0.2) is 11.5 Å². The fraction of sp³-hybridized carbons (Fsp3) is 0.368. The molecule has 0 radical (unpaired) electrons. The molecule has 1 aromatic heterocycles. The Morgan fingerprint density at radius 3 is 2.88 bits per heavy atom. The van der Waals surface area contributed by atoms with Gasteiger partial charge >= 0.3 is 5.97 Å². The Balaban J connectivity index is 2.02. The highest BCUT2D eigenvalue weighted by atomic mass is 79.9. The van der Waals surface area contributed by atoms with Crippen LogP contribution >= 0.6 is 27.3 Å². The van der Waals surface area contributed by atoms with Crippen LogP contribution in [0.5, 0.6) is 11.5 Å². The highest BCUT2D eigenvalue weighted by Gasteiger charge is 2.26. The summed E-state index contributed by atoms with van der Waals surface area (Å²) in [6.07, 6.45) is 5.61. The molecule has 0 amide bonds. The molecule has 2 aromatic rings. The van der Waals surface area contributed by atoms with Gasteiger partial charge in [-0.25, -0.2) is 9.79 Å².